The summed E-state index contributed by atoms with van der Waals surface area (Å²) in [6, 6.07) is 3.21. The van der Waals surface area contributed by atoms with Crippen LogP contribution < -0.4 is 0 Å². The number of aromatic nitrogens is 1. The number of carbonyl (C=O) groups is 2. The van der Waals surface area contributed by atoms with E-state index >= 15 is 0 Å². The van der Waals surface area contributed by atoms with Crippen LogP contribution in [0.2, 0.25) is 5.02 Å². The summed E-state index contributed by atoms with van der Waals surface area (Å²) in [4.78, 5) is 26.1. The van der Waals surface area contributed by atoms with Gasteiger partial charge >= 0.3 is 5.97 Å². The Morgan fingerprint density at radius 1 is 1.47 bits per heavy atom. The summed E-state index contributed by atoms with van der Waals surface area (Å²) < 4.78 is 4.56. The molecule has 0 fully saturated rings. The number of hydrogen-bond acceptors (Lipinski definition) is 4. The van der Waals surface area contributed by atoms with E-state index in [1.807, 2.05) is 0 Å². The Bertz CT molecular complexity index is 361. The first-order valence-electron chi connectivity index (χ1n) is 4.44. The number of ether oxygens (including phenoxy) is 1. The van der Waals surface area contributed by atoms with E-state index < -0.39 is 11.8 Å². The maximum Gasteiger partial charge on any atom is 0.375 e. The average Bonchev–Trinajstić information content (AvgIpc) is 2.22. The number of ketones is 1. The number of carbonyl (C=O) groups excluding carboxylic acids is 2. The molecule has 5 heteroatoms. The Hall–Kier alpha value is -1.42. The van der Waals surface area contributed by atoms with Crippen LogP contribution in [-0.4, -0.2) is 23.3 Å². The summed E-state index contributed by atoms with van der Waals surface area (Å²) in [5.74, 6) is -1.43. The van der Waals surface area contributed by atoms with Crippen molar-refractivity contribution in [3.05, 3.63) is 29.0 Å². The fraction of sp³-hybridized carbons (Fsp3) is 0.300. The van der Waals surface area contributed by atoms with Crippen LogP contribution in [0.4, 0.5) is 0 Å². The Balaban J connectivity index is 2.58. The van der Waals surface area contributed by atoms with E-state index in [1.165, 1.54) is 6.20 Å². The monoisotopic (exact) mass is 227 g/mol. The number of nitrogens with zero attached hydrogens (tertiary/aromatic N) is 1. The highest BCUT2D eigenvalue weighted by molar-refractivity contribution is 6.34. The number of halogens is 1. The molecule has 15 heavy (non-hydrogen) atoms. The van der Waals surface area contributed by atoms with E-state index in [0.717, 1.165) is 0 Å². The van der Waals surface area contributed by atoms with E-state index in [2.05, 4.69) is 9.72 Å². The van der Waals surface area contributed by atoms with Gasteiger partial charge in [0.05, 0.1) is 18.1 Å². The van der Waals surface area contributed by atoms with E-state index in [-0.39, 0.29) is 13.0 Å². The molecule has 0 saturated carbocycles. The number of hydrogen-bond donors (Lipinski definition) is 0. The second-order valence-electron chi connectivity index (χ2n) is 2.79. The SMILES string of the molecule is CCOC(=O)C(=O)Cc1ccc(Cl)cn1. The summed E-state index contributed by atoms with van der Waals surface area (Å²) in [5.41, 5.74) is 0.498. The van der Waals surface area contributed by atoms with Crippen molar-refractivity contribution in [3.8, 4) is 0 Å². The van der Waals surface area contributed by atoms with Gasteiger partial charge in [-0.1, -0.05) is 11.6 Å². The fourth-order valence-corrected chi connectivity index (χ4v) is 1.07. The zero-order valence-electron chi connectivity index (χ0n) is 8.20. The van der Waals surface area contributed by atoms with Gasteiger partial charge in [-0.15, -0.1) is 0 Å². The highest BCUT2D eigenvalue weighted by Gasteiger charge is 2.15. The lowest BCUT2D eigenvalue weighted by Gasteiger charge is -2.00. The molecule has 0 radical (unpaired) electrons. The van der Waals surface area contributed by atoms with Crippen molar-refractivity contribution in [2.24, 2.45) is 0 Å². The first kappa shape index (κ1) is 11.7. The summed E-state index contributed by atoms with van der Waals surface area (Å²) in [7, 11) is 0. The Labute approximate surface area is 92.2 Å². The Kier molecular flexibility index (Phi) is 4.24. The fourth-order valence-electron chi connectivity index (χ4n) is 0.959. The van der Waals surface area contributed by atoms with Gasteiger partial charge in [-0.2, -0.15) is 0 Å². The highest BCUT2D eigenvalue weighted by Crippen LogP contribution is 2.06. The predicted molar refractivity (Wildman–Crippen MR) is 54.6 cm³/mol. The van der Waals surface area contributed by atoms with E-state index in [9.17, 15) is 9.59 Å². The molecule has 0 unspecified atom stereocenters. The Morgan fingerprint density at radius 3 is 2.73 bits per heavy atom. The largest absolute Gasteiger partial charge is 0.460 e. The molecule has 1 aromatic heterocycles. The van der Waals surface area contributed by atoms with Crippen LogP contribution >= 0.6 is 11.6 Å². The van der Waals surface area contributed by atoms with Crippen LogP contribution in [0.15, 0.2) is 18.3 Å². The van der Waals surface area contributed by atoms with Gasteiger partial charge in [-0.05, 0) is 19.1 Å². The zero-order valence-corrected chi connectivity index (χ0v) is 8.95. The van der Waals surface area contributed by atoms with Gasteiger partial charge < -0.3 is 4.74 Å². The highest BCUT2D eigenvalue weighted by atomic mass is 35.5. The Morgan fingerprint density at radius 2 is 2.20 bits per heavy atom. The van der Waals surface area contributed by atoms with E-state index in [1.54, 1.807) is 19.1 Å². The quantitative estimate of drug-likeness (QED) is 0.577. The summed E-state index contributed by atoms with van der Waals surface area (Å²) in [5, 5.41) is 0.488. The van der Waals surface area contributed by atoms with Gasteiger partial charge in [-0.25, -0.2) is 4.79 Å². The molecule has 0 atom stereocenters. The third kappa shape index (κ3) is 3.67. The van der Waals surface area contributed by atoms with E-state index in [0.29, 0.717) is 10.7 Å². The molecule has 0 aliphatic rings. The molecular formula is C10H10ClNO3. The molecule has 0 aromatic carbocycles. The minimum Gasteiger partial charge on any atom is -0.460 e. The van der Waals surface area contributed by atoms with Crippen LogP contribution in [0.3, 0.4) is 0 Å². The van der Waals surface area contributed by atoms with Gasteiger partial charge in [0.1, 0.15) is 0 Å². The van der Waals surface area contributed by atoms with Crippen LogP contribution in [0, 0.1) is 0 Å². The molecule has 0 N–H and O–H groups in total. The third-order valence-electron chi connectivity index (χ3n) is 1.63. The molecule has 1 heterocycles. The average molecular weight is 228 g/mol. The molecule has 1 rings (SSSR count). The van der Waals surface area contributed by atoms with Crippen molar-refractivity contribution in [2.45, 2.75) is 13.3 Å². The van der Waals surface area contributed by atoms with Crippen molar-refractivity contribution < 1.29 is 14.3 Å². The van der Waals surface area contributed by atoms with Gasteiger partial charge in [0.15, 0.2) is 0 Å². The van der Waals surface area contributed by atoms with Crippen molar-refractivity contribution in [1.29, 1.82) is 0 Å². The molecule has 0 aliphatic carbocycles. The molecule has 1 aromatic rings. The van der Waals surface area contributed by atoms with Crippen LogP contribution in [-0.2, 0) is 20.7 Å². The zero-order chi connectivity index (χ0) is 11.3. The molecule has 0 spiro atoms. The minimum atomic E-state index is -0.825. The third-order valence-corrected chi connectivity index (χ3v) is 1.86. The maximum absolute atomic E-state index is 11.2. The minimum absolute atomic E-state index is 0.0595. The van der Waals surface area contributed by atoms with E-state index in [4.69, 9.17) is 11.6 Å². The lowest BCUT2D eigenvalue weighted by atomic mass is 10.2. The van der Waals surface area contributed by atoms with Gasteiger partial charge in [0.25, 0.3) is 0 Å². The molecule has 4 nitrogen and oxygen atoms in total. The normalized spacial score (nSPS) is 9.73. The summed E-state index contributed by atoms with van der Waals surface area (Å²) in [6.07, 6.45) is 1.37. The molecule has 0 bridgehead atoms. The van der Waals surface area contributed by atoms with Crippen molar-refractivity contribution in [2.75, 3.05) is 6.61 Å². The first-order chi connectivity index (χ1) is 7.13. The van der Waals surface area contributed by atoms with Crippen molar-refractivity contribution in [1.82, 2.24) is 4.98 Å². The van der Waals surface area contributed by atoms with Gasteiger partial charge in [0.2, 0.25) is 5.78 Å². The lowest BCUT2D eigenvalue weighted by Crippen LogP contribution is -2.19. The van der Waals surface area contributed by atoms with Crippen LogP contribution in [0.1, 0.15) is 12.6 Å². The number of pyridine rings is 1. The second-order valence-corrected chi connectivity index (χ2v) is 3.22. The second kappa shape index (κ2) is 5.46. The summed E-state index contributed by atoms with van der Waals surface area (Å²) in [6.45, 7) is 1.84. The van der Waals surface area contributed by atoms with Crippen LogP contribution in [0.25, 0.3) is 0 Å². The smallest absolute Gasteiger partial charge is 0.375 e. The number of rotatable bonds is 4. The first-order valence-corrected chi connectivity index (χ1v) is 4.81. The summed E-state index contributed by atoms with van der Waals surface area (Å²) >= 11 is 5.62. The molecule has 0 amide bonds. The molecule has 0 saturated heterocycles. The van der Waals surface area contributed by atoms with Gasteiger partial charge in [-0.3, -0.25) is 9.78 Å². The van der Waals surface area contributed by atoms with Gasteiger partial charge in [0, 0.05) is 11.9 Å². The lowest BCUT2D eigenvalue weighted by molar-refractivity contribution is -0.153. The van der Waals surface area contributed by atoms with Crippen molar-refractivity contribution in [3.63, 3.8) is 0 Å². The molecular weight excluding hydrogens is 218 g/mol. The van der Waals surface area contributed by atoms with Crippen LogP contribution in [0.5, 0.6) is 0 Å². The molecule has 80 valence electrons. The topological polar surface area (TPSA) is 56.3 Å². The molecule has 0 aliphatic heterocycles. The standard InChI is InChI=1S/C10H10ClNO3/c1-2-15-10(14)9(13)5-8-4-3-7(11)6-12-8/h3-4,6H,2,5H2,1H3. The predicted octanol–water partition coefficient (Wildman–Crippen LogP) is 1.41. The number of esters is 1. The maximum atomic E-state index is 11.2. The van der Waals surface area contributed by atoms with Crippen molar-refractivity contribution >= 4 is 23.4 Å². The number of Topliss-reactive ketones (excluding diaryl/α,β-unsaturated/α-hetero) is 1.